The minimum absolute atomic E-state index is 0.237. The van der Waals surface area contributed by atoms with Crippen LogP contribution < -0.4 is 9.47 Å². The van der Waals surface area contributed by atoms with Crippen LogP contribution in [0.2, 0.25) is 0 Å². The molecule has 0 unspecified atom stereocenters. The van der Waals surface area contributed by atoms with Crippen molar-refractivity contribution in [3.8, 4) is 28.4 Å². The number of aryl methyl sites for hydroxylation is 2. The quantitative estimate of drug-likeness (QED) is 0.392. The van der Waals surface area contributed by atoms with Gasteiger partial charge in [0.2, 0.25) is 6.79 Å². The molecule has 5 nitrogen and oxygen atoms in total. The van der Waals surface area contributed by atoms with E-state index in [9.17, 15) is 0 Å². The molecule has 1 aliphatic heterocycles. The lowest BCUT2D eigenvalue weighted by Gasteiger charge is -2.07. The van der Waals surface area contributed by atoms with Crippen LogP contribution in [0.1, 0.15) is 11.1 Å². The van der Waals surface area contributed by atoms with E-state index in [0.717, 1.165) is 50.2 Å². The van der Waals surface area contributed by atoms with Crippen molar-refractivity contribution in [1.29, 1.82) is 0 Å². The predicted molar refractivity (Wildman–Crippen MR) is 117 cm³/mol. The summed E-state index contributed by atoms with van der Waals surface area (Å²) in [6, 6.07) is 20.8. The van der Waals surface area contributed by atoms with Crippen LogP contribution >= 0.6 is 0 Å². The van der Waals surface area contributed by atoms with Crippen molar-refractivity contribution in [1.82, 2.24) is 14.8 Å². The topological polar surface area (TPSA) is 49.2 Å². The van der Waals surface area contributed by atoms with Gasteiger partial charge in [-0.05, 0) is 32.0 Å². The molecule has 0 aliphatic carbocycles. The first-order valence-corrected chi connectivity index (χ1v) is 9.92. The lowest BCUT2D eigenvalue weighted by Crippen LogP contribution is -1.97. The van der Waals surface area contributed by atoms with Crippen LogP contribution in [0.3, 0.4) is 0 Å². The molecule has 6 rings (SSSR count). The summed E-state index contributed by atoms with van der Waals surface area (Å²) in [5, 5.41) is 7.03. The van der Waals surface area contributed by atoms with Crippen LogP contribution in [0.25, 0.3) is 38.8 Å². The van der Waals surface area contributed by atoms with Crippen LogP contribution in [-0.2, 0) is 0 Å². The van der Waals surface area contributed by atoms with E-state index >= 15 is 0 Å². The van der Waals surface area contributed by atoms with Gasteiger partial charge in [0.1, 0.15) is 5.69 Å². The summed E-state index contributed by atoms with van der Waals surface area (Å²) in [6.45, 7) is 4.41. The van der Waals surface area contributed by atoms with Gasteiger partial charge in [-0.2, -0.15) is 5.10 Å². The van der Waals surface area contributed by atoms with Crippen molar-refractivity contribution in [2.75, 3.05) is 6.79 Å². The molecule has 146 valence electrons. The lowest BCUT2D eigenvalue weighted by atomic mass is 10.1. The summed E-state index contributed by atoms with van der Waals surface area (Å²) in [5.41, 5.74) is 7.29. The van der Waals surface area contributed by atoms with Gasteiger partial charge in [-0.1, -0.05) is 47.5 Å². The Labute approximate surface area is 173 Å². The molecule has 5 aromatic rings. The third kappa shape index (κ3) is 2.55. The summed E-state index contributed by atoms with van der Waals surface area (Å²) >= 11 is 0. The van der Waals surface area contributed by atoms with Crippen LogP contribution in [0.5, 0.6) is 11.5 Å². The van der Waals surface area contributed by atoms with Gasteiger partial charge in [0.15, 0.2) is 11.5 Å². The Morgan fingerprint density at radius 1 is 0.800 bits per heavy atom. The van der Waals surface area contributed by atoms with Crippen LogP contribution in [0, 0.1) is 13.8 Å². The van der Waals surface area contributed by atoms with E-state index in [4.69, 9.17) is 19.6 Å². The highest BCUT2D eigenvalue weighted by atomic mass is 16.7. The Balaban J connectivity index is 1.71. The first-order valence-electron chi connectivity index (χ1n) is 9.92. The molecular weight excluding hydrogens is 374 g/mol. The Kier molecular flexibility index (Phi) is 3.59. The lowest BCUT2D eigenvalue weighted by molar-refractivity contribution is 0.174. The largest absolute Gasteiger partial charge is 0.454 e. The molecule has 0 fully saturated rings. The zero-order valence-electron chi connectivity index (χ0n) is 16.7. The molecule has 0 bridgehead atoms. The number of benzene rings is 3. The monoisotopic (exact) mass is 393 g/mol. The van der Waals surface area contributed by atoms with Gasteiger partial charge in [0.25, 0.3) is 0 Å². The van der Waals surface area contributed by atoms with Gasteiger partial charge in [-0.3, -0.25) is 4.98 Å². The SMILES string of the molecule is Cc1ccc(-c2nn(-c3ccc(C)cc3)c3c2cnc2cc4c(cc23)OCO4)cc1. The van der Waals surface area contributed by atoms with Crippen LogP contribution in [-0.4, -0.2) is 21.6 Å². The number of hydrogen-bond acceptors (Lipinski definition) is 4. The molecular formula is C25H19N3O2. The van der Waals surface area contributed by atoms with Gasteiger partial charge < -0.3 is 9.47 Å². The number of aromatic nitrogens is 3. The van der Waals surface area contributed by atoms with Gasteiger partial charge in [0, 0.05) is 28.6 Å². The molecule has 0 amide bonds. The zero-order valence-corrected chi connectivity index (χ0v) is 16.7. The molecule has 0 saturated heterocycles. The van der Waals surface area contributed by atoms with Crippen molar-refractivity contribution in [2.45, 2.75) is 13.8 Å². The van der Waals surface area contributed by atoms with Crippen molar-refractivity contribution >= 4 is 21.8 Å². The zero-order chi connectivity index (χ0) is 20.2. The minimum Gasteiger partial charge on any atom is -0.454 e. The fourth-order valence-electron chi connectivity index (χ4n) is 3.97. The smallest absolute Gasteiger partial charge is 0.231 e. The Hall–Kier alpha value is -3.86. The first-order chi connectivity index (χ1) is 14.7. The summed E-state index contributed by atoms with van der Waals surface area (Å²) in [5.74, 6) is 1.47. The Morgan fingerprint density at radius 3 is 2.20 bits per heavy atom. The molecule has 5 heteroatoms. The molecule has 0 radical (unpaired) electrons. The van der Waals surface area contributed by atoms with Crippen LogP contribution in [0.15, 0.2) is 66.9 Å². The molecule has 1 aliphatic rings. The Morgan fingerprint density at radius 2 is 1.47 bits per heavy atom. The van der Waals surface area contributed by atoms with Crippen LogP contribution in [0.4, 0.5) is 0 Å². The molecule has 3 aromatic carbocycles. The first kappa shape index (κ1) is 17.0. The molecule has 2 aromatic heterocycles. The molecule has 0 saturated carbocycles. The van der Waals surface area contributed by atoms with Gasteiger partial charge in [-0.25, -0.2) is 4.68 Å². The molecule has 0 spiro atoms. The number of pyridine rings is 1. The molecule has 30 heavy (non-hydrogen) atoms. The summed E-state index contributed by atoms with van der Waals surface area (Å²) in [7, 11) is 0. The maximum absolute atomic E-state index is 5.64. The second kappa shape index (κ2) is 6.32. The van der Waals surface area contributed by atoms with Crippen molar-refractivity contribution < 1.29 is 9.47 Å². The van der Waals surface area contributed by atoms with Gasteiger partial charge in [-0.15, -0.1) is 0 Å². The maximum Gasteiger partial charge on any atom is 0.231 e. The second-order valence-corrected chi connectivity index (χ2v) is 7.71. The number of ether oxygens (including phenoxy) is 2. The number of hydrogen-bond donors (Lipinski definition) is 0. The van der Waals surface area contributed by atoms with E-state index < -0.39 is 0 Å². The van der Waals surface area contributed by atoms with Crippen molar-refractivity contribution in [2.24, 2.45) is 0 Å². The summed E-state index contributed by atoms with van der Waals surface area (Å²) < 4.78 is 13.2. The predicted octanol–water partition coefficient (Wildman–Crippen LogP) is 5.59. The Bertz CT molecular complexity index is 1420. The van der Waals surface area contributed by atoms with Gasteiger partial charge >= 0.3 is 0 Å². The van der Waals surface area contributed by atoms with E-state index in [1.54, 1.807) is 0 Å². The number of nitrogens with zero attached hydrogens (tertiary/aromatic N) is 3. The minimum atomic E-state index is 0.237. The fraction of sp³-hybridized carbons (Fsp3) is 0.120. The highest BCUT2D eigenvalue weighted by Gasteiger charge is 2.21. The highest BCUT2D eigenvalue weighted by Crippen LogP contribution is 2.40. The normalized spacial score (nSPS) is 12.7. The highest BCUT2D eigenvalue weighted by molar-refractivity contribution is 6.09. The number of rotatable bonds is 2. The summed E-state index contributed by atoms with van der Waals surface area (Å²) in [4.78, 5) is 4.72. The fourth-order valence-corrected chi connectivity index (χ4v) is 3.97. The van der Waals surface area contributed by atoms with Crippen molar-refractivity contribution in [3.63, 3.8) is 0 Å². The third-order valence-electron chi connectivity index (χ3n) is 5.60. The molecule has 0 atom stereocenters. The maximum atomic E-state index is 5.64. The third-order valence-corrected chi connectivity index (χ3v) is 5.60. The standard InChI is InChI=1S/C25H19N3O2/c1-15-3-7-17(8-4-15)24-20-13-26-21-12-23-22(29-14-30-23)11-19(21)25(20)28(27-24)18-9-5-16(2)6-10-18/h3-13H,14H2,1-2H3. The number of fused-ring (bicyclic) bond motifs is 4. The van der Waals surface area contributed by atoms with E-state index in [2.05, 4.69) is 62.4 Å². The van der Waals surface area contributed by atoms with Gasteiger partial charge in [0.05, 0.1) is 16.7 Å². The van der Waals surface area contributed by atoms with E-state index in [1.807, 2.05) is 23.0 Å². The second-order valence-electron chi connectivity index (χ2n) is 7.71. The van der Waals surface area contributed by atoms with E-state index in [0.29, 0.717) is 0 Å². The molecule has 3 heterocycles. The van der Waals surface area contributed by atoms with E-state index in [1.165, 1.54) is 11.1 Å². The average molecular weight is 393 g/mol. The van der Waals surface area contributed by atoms with E-state index in [-0.39, 0.29) is 6.79 Å². The summed E-state index contributed by atoms with van der Waals surface area (Å²) in [6.07, 6.45) is 1.91. The van der Waals surface area contributed by atoms with Crippen molar-refractivity contribution in [3.05, 3.63) is 78.0 Å². The molecule has 0 N–H and O–H groups in total. The average Bonchev–Trinajstić information content (AvgIpc) is 3.37.